The Morgan fingerprint density at radius 2 is 1.97 bits per heavy atom. The third kappa shape index (κ3) is 6.85. The number of amides is 1. The van der Waals surface area contributed by atoms with E-state index in [1.165, 1.54) is 19.3 Å². The lowest BCUT2D eigenvalue weighted by molar-refractivity contribution is 0.00733. The molecule has 0 aromatic carbocycles. The molecule has 5 rings (SSSR count). The van der Waals surface area contributed by atoms with Crippen LogP contribution in [0.25, 0.3) is 11.3 Å². The van der Waals surface area contributed by atoms with E-state index in [9.17, 15) is 4.79 Å². The van der Waals surface area contributed by atoms with Gasteiger partial charge in [0.1, 0.15) is 22.9 Å². The van der Waals surface area contributed by atoms with Gasteiger partial charge in [-0.05, 0) is 70.1 Å². The Kier molecular flexibility index (Phi) is 7.99. The van der Waals surface area contributed by atoms with E-state index < -0.39 is 5.60 Å². The van der Waals surface area contributed by atoms with E-state index in [-0.39, 0.29) is 12.1 Å². The number of pyridine rings is 2. The van der Waals surface area contributed by atoms with Gasteiger partial charge in [-0.15, -0.1) is 5.10 Å². The van der Waals surface area contributed by atoms with Gasteiger partial charge < -0.3 is 19.3 Å². The highest BCUT2D eigenvalue weighted by Crippen LogP contribution is 2.30. The fourth-order valence-electron chi connectivity index (χ4n) is 5.13. The summed E-state index contributed by atoms with van der Waals surface area (Å²) in [5.41, 5.74) is 2.12. The highest BCUT2D eigenvalue weighted by Gasteiger charge is 2.34. The minimum atomic E-state index is -0.504. The topological polar surface area (TPSA) is 98.5 Å². The van der Waals surface area contributed by atoms with Gasteiger partial charge in [-0.1, -0.05) is 17.7 Å². The lowest BCUT2D eigenvalue weighted by Gasteiger charge is -2.42. The van der Waals surface area contributed by atoms with Crippen LogP contribution in [0, 0.1) is 5.92 Å². The first-order chi connectivity index (χ1) is 18.8. The summed E-state index contributed by atoms with van der Waals surface area (Å²) in [7, 11) is 1.62. The Hall–Kier alpha value is -3.69. The van der Waals surface area contributed by atoms with Crippen molar-refractivity contribution in [1.82, 2.24) is 29.9 Å². The SMILES string of the molecule is COc1cncc(-c2cn(Cc3ccc(N4CCC[C@@H](N(CC5CCC5)C(=O)OC(C)(C)C)C4)nc3)nn2)c1. The number of carbonyl (C=O) groups excluding carboxylic acids is 1. The zero-order valence-corrected chi connectivity index (χ0v) is 23.4. The first-order valence-corrected chi connectivity index (χ1v) is 13.9. The lowest BCUT2D eigenvalue weighted by Crippen LogP contribution is -2.53. The van der Waals surface area contributed by atoms with Crippen LogP contribution in [-0.2, 0) is 11.3 Å². The van der Waals surface area contributed by atoms with Crippen LogP contribution in [0.1, 0.15) is 58.4 Å². The van der Waals surface area contributed by atoms with Gasteiger partial charge in [0, 0.05) is 37.6 Å². The largest absolute Gasteiger partial charge is 0.495 e. The van der Waals surface area contributed by atoms with Crippen LogP contribution in [0.5, 0.6) is 5.75 Å². The summed E-state index contributed by atoms with van der Waals surface area (Å²) in [5, 5.41) is 8.56. The average Bonchev–Trinajstić information content (AvgIpc) is 3.36. The molecular weight excluding hydrogens is 494 g/mol. The minimum absolute atomic E-state index is 0.121. The van der Waals surface area contributed by atoms with Crippen molar-refractivity contribution >= 4 is 11.9 Å². The van der Waals surface area contributed by atoms with E-state index in [0.717, 1.165) is 55.1 Å². The molecule has 1 aliphatic heterocycles. The van der Waals surface area contributed by atoms with Crippen LogP contribution < -0.4 is 9.64 Å². The fourth-order valence-corrected chi connectivity index (χ4v) is 5.13. The second-order valence-electron chi connectivity index (χ2n) is 11.6. The molecule has 10 heteroatoms. The zero-order chi connectivity index (χ0) is 27.4. The highest BCUT2D eigenvalue weighted by molar-refractivity contribution is 5.69. The summed E-state index contributed by atoms with van der Waals surface area (Å²) < 4.78 is 12.9. The predicted octanol–water partition coefficient (Wildman–Crippen LogP) is 4.80. The van der Waals surface area contributed by atoms with Gasteiger partial charge in [-0.3, -0.25) is 4.98 Å². The van der Waals surface area contributed by atoms with E-state index in [2.05, 4.69) is 32.3 Å². The maximum absolute atomic E-state index is 13.2. The second kappa shape index (κ2) is 11.6. The van der Waals surface area contributed by atoms with E-state index in [0.29, 0.717) is 18.2 Å². The van der Waals surface area contributed by atoms with Crippen molar-refractivity contribution in [2.24, 2.45) is 5.92 Å². The number of aromatic nitrogens is 5. The molecule has 4 heterocycles. The van der Waals surface area contributed by atoms with Crippen molar-refractivity contribution in [3.05, 3.63) is 48.5 Å². The summed E-state index contributed by atoms with van der Waals surface area (Å²) in [4.78, 5) is 26.4. The van der Waals surface area contributed by atoms with E-state index in [1.54, 1.807) is 24.2 Å². The van der Waals surface area contributed by atoms with Crippen molar-refractivity contribution in [1.29, 1.82) is 0 Å². The van der Waals surface area contributed by atoms with Gasteiger partial charge >= 0.3 is 6.09 Å². The molecule has 1 atom stereocenters. The van der Waals surface area contributed by atoms with Crippen molar-refractivity contribution < 1.29 is 14.3 Å². The predicted molar refractivity (Wildman–Crippen MR) is 149 cm³/mol. The van der Waals surface area contributed by atoms with Gasteiger partial charge in [-0.2, -0.15) is 0 Å². The Bertz CT molecular complexity index is 1250. The first-order valence-electron chi connectivity index (χ1n) is 13.9. The number of ether oxygens (including phenoxy) is 2. The molecule has 0 unspecified atom stereocenters. The van der Waals surface area contributed by atoms with Gasteiger partial charge in [0.05, 0.1) is 32.1 Å². The van der Waals surface area contributed by atoms with Crippen molar-refractivity contribution in [2.75, 3.05) is 31.6 Å². The molecule has 3 aromatic heterocycles. The number of piperidine rings is 1. The Morgan fingerprint density at radius 3 is 2.67 bits per heavy atom. The minimum Gasteiger partial charge on any atom is -0.495 e. The van der Waals surface area contributed by atoms with Crippen molar-refractivity contribution in [3.63, 3.8) is 0 Å². The normalized spacial score (nSPS) is 17.9. The average molecular weight is 534 g/mol. The maximum Gasteiger partial charge on any atom is 0.410 e. The Morgan fingerprint density at radius 1 is 1.13 bits per heavy atom. The summed E-state index contributed by atoms with van der Waals surface area (Å²) in [6.07, 6.45) is 12.7. The molecule has 1 saturated carbocycles. The number of hydrogen-bond donors (Lipinski definition) is 0. The highest BCUT2D eigenvalue weighted by atomic mass is 16.6. The fraction of sp³-hybridized carbons (Fsp3) is 0.552. The number of methoxy groups -OCH3 is 1. The van der Waals surface area contributed by atoms with E-state index in [4.69, 9.17) is 14.5 Å². The molecule has 3 aromatic rings. The molecule has 208 valence electrons. The van der Waals surface area contributed by atoms with Crippen molar-refractivity contribution in [2.45, 2.75) is 71.1 Å². The number of rotatable bonds is 8. The lowest BCUT2D eigenvalue weighted by atomic mass is 9.84. The number of hydrogen-bond acceptors (Lipinski definition) is 8. The maximum atomic E-state index is 13.2. The zero-order valence-electron chi connectivity index (χ0n) is 23.4. The number of nitrogens with zero attached hydrogens (tertiary/aromatic N) is 7. The molecule has 0 bridgehead atoms. The van der Waals surface area contributed by atoms with E-state index in [1.807, 2.05) is 44.1 Å². The molecule has 2 fully saturated rings. The third-order valence-corrected chi connectivity index (χ3v) is 7.41. The molecule has 0 N–H and O–H groups in total. The quantitative estimate of drug-likeness (QED) is 0.407. The Balaban J connectivity index is 1.23. The molecule has 10 nitrogen and oxygen atoms in total. The molecule has 1 amide bonds. The molecule has 39 heavy (non-hydrogen) atoms. The van der Waals surface area contributed by atoms with E-state index >= 15 is 0 Å². The summed E-state index contributed by atoms with van der Waals surface area (Å²) in [6, 6.07) is 6.15. The molecule has 1 aliphatic carbocycles. The molecule has 0 spiro atoms. The van der Waals surface area contributed by atoms with Gasteiger partial charge in [0.25, 0.3) is 0 Å². The molecule has 1 saturated heterocycles. The van der Waals surface area contributed by atoms with Gasteiger partial charge in [-0.25, -0.2) is 14.5 Å². The van der Waals surface area contributed by atoms with Crippen LogP contribution in [0.3, 0.4) is 0 Å². The molecule has 0 radical (unpaired) electrons. The second-order valence-corrected chi connectivity index (χ2v) is 11.6. The summed E-state index contributed by atoms with van der Waals surface area (Å²) >= 11 is 0. The van der Waals surface area contributed by atoms with Crippen LogP contribution in [0.15, 0.2) is 43.0 Å². The third-order valence-electron chi connectivity index (χ3n) is 7.41. The monoisotopic (exact) mass is 533 g/mol. The van der Waals surface area contributed by atoms with Crippen LogP contribution in [0.2, 0.25) is 0 Å². The van der Waals surface area contributed by atoms with Gasteiger partial charge in [0.15, 0.2) is 0 Å². The summed E-state index contributed by atoms with van der Waals surface area (Å²) in [6.45, 7) is 8.83. The van der Waals surface area contributed by atoms with Gasteiger partial charge in [0.2, 0.25) is 0 Å². The Labute approximate surface area is 230 Å². The standard InChI is InChI=1S/C29H39N7O3/c1-29(2,3)39-28(37)36(18-21-7-5-8-21)24-9-6-12-34(19-24)27-11-10-22(14-31-27)17-35-20-26(32-33-35)23-13-25(38-4)16-30-15-23/h10-11,13-16,20-21,24H,5-9,12,17-19H2,1-4H3/t24-/m1/s1. The van der Waals surface area contributed by atoms with Crippen LogP contribution in [-0.4, -0.2) is 74.3 Å². The number of carbonyl (C=O) groups is 1. The number of anilines is 1. The molecule has 2 aliphatic rings. The van der Waals surface area contributed by atoms with Crippen molar-refractivity contribution in [3.8, 4) is 17.0 Å². The summed E-state index contributed by atoms with van der Waals surface area (Å²) in [5.74, 6) is 2.19. The molecular formula is C29H39N7O3. The first kappa shape index (κ1) is 26.9. The van der Waals surface area contributed by atoms with Crippen LogP contribution in [0.4, 0.5) is 10.6 Å². The van der Waals surface area contributed by atoms with Crippen LogP contribution >= 0.6 is 0 Å². The smallest absolute Gasteiger partial charge is 0.410 e.